The fraction of sp³-hybridized carbons (Fsp3) is 0.375. The van der Waals surface area contributed by atoms with Crippen LogP contribution in [0.15, 0.2) is 53.1 Å². The lowest BCUT2D eigenvalue weighted by Crippen LogP contribution is -2.41. The van der Waals surface area contributed by atoms with Crippen molar-refractivity contribution in [1.82, 2.24) is 15.0 Å². The molecule has 3 aromatic rings. The average Bonchev–Trinajstić information content (AvgIpc) is 3.17. The minimum Gasteiger partial charge on any atom is -0.342 e. The average molecular weight is 389 g/mol. The summed E-state index contributed by atoms with van der Waals surface area (Å²) in [4.78, 5) is 19.4. The van der Waals surface area contributed by atoms with Crippen LogP contribution >= 0.6 is 0 Å². The number of hydrogen-bond donors (Lipinski definition) is 0. The fourth-order valence-corrected chi connectivity index (χ4v) is 4.08. The van der Waals surface area contributed by atoms with Crippen molar-refractivity contribution in [3.63, 3.8) is 0 Å². The van der Waals surface area contributed by atoms with Gasteiger partial charge in [0.1, 0.15) is 0 Å². The molecule has 1 saturated heterocycles. The van der Waals surface area contributed by atoms with Gasteiger partial charge in [-0.25, -0.2) is 0 Å². The van der Waals surface area contributed by atoms with E-state index in [0.29, 0.717) is 30.5 Å². The van der Waals surface area contributed by atoms with Gasteiger partial charge in [-0.15, -0.1) is 0 Å². The SMILES string of the molecule is Cc1cccc(CC(=O)N2CCCC(Cc3nc(-c4ccccc4C)no3)C2)c1. The Morgan fingerprint density at radius 3 is 2.86 bits per heavy atom. The molecule has 1 aliphatic rings. The number of carbonyl (C=O) groups excluding carboxylic acids is 1. The van der Waals surface area contributed by atoms with Crippen molar-refractivity contribution >= 4 is 5.91 Å². The molecule has 2 aromatic carbocycles. The van der Waals surface area contributed by atoms with Crippen LogP contribution in [0.4, 0.5) is 0 Å². The number of aromatic nitrogens is 2. The number of aryl methyl sites for hydroxylation is 2. The molecule has 1 unspecified atom stereocenters. The second-order valence-corrected chi connectivity index (χ2v) is 8.04. The van der Waals surface area contributed by atoms with Gasteiger partial charge in [0.15, 0.2) is 0 Å². The van der Waals surface area contributed by atoms with Crippen LogP contribution in [0.3, 0.4) is 0 Å². The Morgan fingerprint density at radius 1 is 1.17 bits per heavy atom. The Kier molecular flexibility index (Phi) is 5.74. The molecule has 1 atom stereocenters. The molecule has 0 bridgehead atoms. The van der Waals surface area contributed by atoms with Gasteiger partial charge in [-0.2, -0.15) is 4.98 Å². The first kappa shape index (κ1) is 19.4. The van der Waals surface area contributed by atoms with Crippen molar-refractivity contribution in [1.29, 1.82) is 0 Å². The number of nitrogens with zero attached hydrogens (tertiary/aromatic N) is 3. The number of amides is 1. The summed E-state index contributed by atoms with van der Waals surface area (Å²) >= 11 is 0. The maximum absolute atomic E-state index is 12.8. The molecule has 1 amide bonds. The summed E-state index contributed by atoms with van der Waals surface area (Å²) in [5.74, 6) is 1.85. The molecule has 2 heterocycles. The molecule has 1 aromatic heterocycles. The van der Waals surface area contributed by atoms with E-state index in [1.165, 1.54) is 5.56 Å². The zero-order chi connectivity index (χ0) is 20.2. The third-order valence-corrected chi connectivity index (χ3v) is 5.63. The standard InChI is InChI=1S/C24H27N3O2/c1-17-7-5-9-19(13-17)15-23(28)27-12-6-10-20(16-27)14-22-25-24(26-29-22)21-11-4-3-8-18(21)2/h3-5,7-9,11,13,20H,6,10,12,14-16H2,1-2H3. The second kappa shape index (κ2) is 8.60. The first-order chi connectivity index (χ1) is 14.1. The molecule has 5 heteroatoms. The smallest absolute Gasteiger partial charge is 0.227 e. The summed E-state index contributed by atoms with van der Waals surface area (Å²) in [6.45, 7) is 5.69. The van der Waals surface area contributed by atoms with Crippen molar-refractivity contribution in [2.45, 2.75) is 39.5 Å². The zero-order valence-electron chi connectivity index (χ0n) is 17.1. The predicted molar refractivity (Wildman–Crippen MR) is 112 cm³/mol. The molecular weight excluding hydrogens is 362 g/mol. The van der Waals surface area contributed by atoms with E-state index in [1.54, 1.807) is 0 Å². The van der Waals surface area contributed by atoms with Crippen molar-refractivity contribution in [2.24, 2.45) is 5.92 Å². The van der Waals surface area contributed by atoms with Gasteiger partial charge in [0.2, 0.25) is 17.6 Å². The fourth-order valence-electron chi connectivity index (χ4n) is 4.08. The molecule has 0 saturated carbocycles. The molecule has 5 nitrogen and oxygen atoms in total. The van der Waals surface area contributed by atoms with Crippen molar-refractivity contribution in [3.8, 4) is 11.4 Å². The van der Waals surface area contributed by atoms with Crippen molar-refractivity contribution in [3.05, 3.63) is 71.1 Å². The van der Waals surface area contributed by atoms with E-state index < -0.39 is 0 Å². The first-order valence-electron chi connectivity index (χ1n) is 10.3. The molecule has 150 valence electrons. The Hall–Kier alpha value is -2.95. The molecule has 0 aliphatic carbocycles. The normalized spacial score (nSPS) is 16.8. The van der Waals surface area contributed by atoms with Gasteiger partial charge in [0.05, 0.1) is 6.42 Å². The Labute approximate surface area is 171 Å². The largest absolute Gasteiger partial charge is 0.342 e. The molecule has 29 heavy (non-hydrogen) atoms. The van der Waals surface area contributed by atoms with Gasteiger partial charge in [0, 0.05) is 25.1 Å². The zero-order valence-corrected chi connectivity index (χ0v) is 17.1. The van der Waals surface area contributed by atoms with E-state index >= 15 is 0 Å². The summed E-state index contributed by atoms with van der Waals surface area (Å²) in [7, 11) is 0. The predicted octanol–water partition coefficient (Wildman–Crippen LogP) is 4.38. The molecule has 0 N–H and O–H groups in total. The lowest BCUT2D eigenvalue weighted by atomic mass is 9.94. The summed E-state index contributed by atoms with van der Waals surface area (Å²) < 4.78 is 5.52. The quantitative estimate of drug-likeness (QED) is 0.650. The molecule has 0 radical (unpaired) electrons. The lowest BCUT2D eigenvalue weighted by molar-refractivity contribution is -0.132. The highest BCUT2D eigenvalue weighted by atomic mass is 16.5. The van der Waals surface area contributed by atoms with Crippen LogP contribution in [0.5, 0.6) is 0 Å². The van der Waals surface area contributed by atoms with Crippen molar-refractivity contribution in [2.75, 3.05) is 13.1 Å². The van der Waals surface area contributed by atoms with E-state index in [4.69, 9.17) is 4.52 Å². The third kappa shape index (κ3) is 4.73. The number of hydrogen-bond acceptors (Lipinski definition) is 4. The molecule has 1 aliphatic heterocycles. The van der Waals surface area contributed by atoms with E-state index in [-0.39, 0.29) is 5.91 Å². The van der Waals surface area contributed by atoms with Crippen LogP contribution in [0, 0.1) is 19.8 Å². The Morgan fingerprint density at radius 2 is 2.03 bits per heavy atom. The van der Waals surface area contributed by atoms with Crippen LogP contribution in [0.25, 0.3) is 11.4 Å². The lowest BCUT2D eigenvalue weighted by Gasteiger charge is -2.32. The van der Waals surface area contributed by atoms with E-state index in [0.717, 1.165) is 42.6 Å². The Bertz CT molecular complexity index is 995. The topological polar surface area (TPSA) is 59.2 Å². The van der Waals surface area contributed by atoms with Gasteiger partial charge in [-0.1, -0.05) is 59.3 Å². The Balaban J connectivity index is 1.38. The first-order valence-corrected chi connectivity index (χ1v) is 10.3. The number of likely N-dealkylation sites (tertiary alicyclic amines) is 1. The second-order valence-electron chi connectivity index (χ2n) is 8.04. The molecular formula is C24H27N3O2. The van der Waals surface area contributed by atoms with Gasteiger partial charge in [-0.3, -0.25) is 4.79 Å². The summed E-state index contributed by atoms with van der Waals surface area (Å²) in [5, 5.41) is 4.16. The van der Waals surface area contributed by atoms with Gasteiger partial charge in [-0.05, 0) is 43.7 Å². The third-order valence-electron chi connectivity index (χ3n) is 5.63. The van der Waals surface area contributed by atoms with E-state index in [1.807, 2.05) is 48.2 Å². The maximum atomic E-state index is 12.8. The monoisotopic (exact) mass is 389 g/mol. The van der Waals surface area contributed by atoms with E-state index in [2.05, 4.69) is 29.2 Å². The maximum Gasteiger partial charge on any atom is 0.227 e. The summed E-state index contributed by atoms with van der Waals surface area (Å²) in [6.07, 6.45) is 3.28. The van der Waals surface area contributed by atoms with Gasteiger partial charge in [0.25, 0.3) is 0 Å². The van der Waals surface area contributed by atoms with Gasteiger partial charge >= 0.3 is 0 Å². The molecule has 4 rings (SSSR count). The van der Waals surface area contributed by atoms with Crippen LogP contribution in [0.2, 0.25) is 0 Å². The van der Waals surface area contributed by atoms with Crippen LogP contribution < -0.4 is 0 Å². The number of carbonyl (C=O) groups is 1. The number of rotatable bonds is 5. The molecule has 0 spiro atoms. The van der Waals surface area contributed by atoms with Crippen LogP contribution in [0.1, 0.15) is 35.4 Å². The van der Waals surface area contributed by atoms with Crippen LogP contribution in [-0.4, -0.2) is 34.0 Å². The van der Waals surface area contributed by atoms with Crippen LogP contribution in [-0.2, 0) is 17.6 Å². The summed E-state index contributed by atoms with van der Waals surface area (Å²) in [6, 6.07) is 16.2. The molecule has 1 fully saturated rings. The highest BCUT2D eigenvalue weighted by Gasteiger charge is 2.25. The highest BCUT2D eigenvalue weighted by molar-refractivity contribution is 5.79. The number of piperidine rings is 1. The highest BCUT2D eigenvalue weighted by Crippen LogP contribution is 2.24. The number of benzene rings is 2. The van der Waals surface area contributed by atoms with E-state index in [9.17, 15) is 4.79 Å². The minimum atomic E-state index is 0.200. The summed E-state index contributed by atoms with van der Waals surface area (Å²) in [5.41, 5.74) is 4.40. The minimum absolute atomic E-state index is 0.200. The van der Waals surface area contributed by atoms with Gasteiger partial charge < -0.3 is 9.42 Å². The van der Waals surface area contributed by atoms with Crippen molar-refractivity contribution < 1.29 is 9.32 Å².